The number of hydrogen-bond acceptors (Lipinski definition) is 6. The van der Waals surface area contributed by atoms with Crippen LogP contribution in [0.3, 0.4) is 0 Å². The molecule has 0 atom stereocenters. The zero-order valence-corrected chi connectivity index (χ0v) is 14.0. The topological polar surface area (TPSA) is 57.2 Å². The van der Waals surface area contributed by atoms with E-state index in [-0.39, 0.29) is 0 Å². The second kappa shape index (κ2) is 6.45. The van der Waals surface area contributed by atoms with Gasteiger partial charge in [-0.2, -0.15) is 15.0 Å². The van der Waals surface area contributed by atoms with Crippen LogP contribution in [0.15, 0.2) is 0 Å². The predicted octanol–water partition coefficient (Wildman–Crippen LogP) is 2.39. The number of anilines is 3. The summed E-state index contributed by atoms with van der Waals surface area (Å²) in [6.45, 7) is 9.70. The Hall–Kier alpha value is -1.59. The van der Waals surface area contributed by atoms with Gasteiger partial charge in [-0.1, -0.05) is 20.8 Å². The third-order valence-electron chi connectivity index (χ3n) is 3.94. The molecule has 2 heterocycles. The highest BCUT2D eigenvalue weighted by atomic mass is 15.4. The fourth-order valence-corrected chi connectivity index (χ4v) is 2.32. The predicted molar refractivity (Wildman–Crippen MR) is 88.2 cm³/mol. The average molecular weight is 292 g/mol. The molecule has 6 nitrogen and oxygen atoms in total. The summed E-state index contributed by atoms with van der Waals surface area (Å²) in [4.78, 5) is 17.9. The maximum atomic E-state index is 4.60. The van der Waals surface area contributed by atoms with Crippen LogP contribution in [0.4, 0.5) is 17.8 Å². The monoisotopic (exact) mass is 292 g/mol. The second-order valence-electron chi connectivity index (χ2n) is 6.73. The molecule has 1 fully saturated rings. The molecule has 1 aromatic rings. The van der Waals surface area contributed by atoms with Gasteiger partial charge in [0.15, 0.2) is 0 Å². The maximum absolute atomic E-state index is 4.60. The van der Waals surface area contributed by atoms with Crippen molar-refractivity contribution in [2.75, 3.05) is 48.8 Å². The molecule has 1 aliphatic heterocycles. The smallest absolute Gasteiger partial charge is 0.231 e. The minimum absolute atomic E-state index is 0.428. The number of hydrogen-bond donors (Lipinski definition) is 1. The first-order valence-corrected chi connectivity index (χ1v) is 7.83. The van der Waals surface area contributed by atoms with E-state index in [4.69, 9.17) is 0 Å². The van der Waals surface area contributed by atoms with Crippen LogP contribution >= 0.6 is 0 Å². The lowest BCUT2D eigenvalue weighted by Crippen LogP contribution is -2.38. The summed E-state index contributed by atoms with van der Waals surface area (Å²) in [5, 5.41) is 3.27. The molecule has 2 rings (SSSR count). The summed E-state index contributed by atoms with van der Waals surface area (Å²) in [6.07, 6.45) is 3.40. The highest BCUT2D eigenvalue weighted by Crippen LogP contribution is 2.31. The highest BCUT2D eigenvalue weighted by molar-refractivity contribution is 5.44. The van der Waals surface area contributed by atoms with E-state index in [0.29, 0.717) is 17.3 Å². The Bertz CT molecular complexity index is 461. The van der Waals surface area contributed by atoms with Crippen molar-refractivity contribution < 1.29 is 0 Å². The quantitative estimate of drug-likeness (QED) is 0.899. The normalized spacial score (nSPS) is 17.7. The Morgan fingerprint density at radius 1 is 1.14 bits per heavy atom. The number of piperidine rings is 1. The SMILES string of the molecule is CCCNc1nc(N(C)C)nc(N2CCC(C)(C)CC2)n1. The lowest BCUT2D eigenvalue weighted by Gasteiger charge is -2.37. The van der Waals surface area contributed by atoms with Crippen molar-refractivity contribution >= 4 is 17.8 Å². The molecular formula is C15H28N6. The standard InChI is InChI=1S/C15H28N6/c1-6-9-16-12-17-13(20(4)5)19-14(18-12)21-10-7-15(2,3)8-11-21/h6-11H2,1-5H3,(H,16,17,18,19). The average Bonchev–Trinajstić information content (AvgIpc) is 2.44. The molecule has 118 valence electrons. The largest absolute Gasteiger partial charge is 0.354 e. The molecule has 6 heteroatoms. The minimum atomic E-state index is 0.428. The number of nitrogens with one attached hydrogen (secondary N) is 1. The molecule has 0 bridgehead atoms. The Morgan fingerprint density at radius 2 is 1.81 bits per heavy atom. The van der Waals surface area contributed by atoms with Crippen LogP contribution < -0.4 is 15.1 Å². The van der Waals surface area contributed by atoms with E-state index in [1.165, 1.54) is 12.8 Å². The van der Waals surface area contributed by atoms with Crippen molar-refractivity contribution in [2.24, 2.45) is 5.41 Å². The van der Waals surface area contributed by atoms with Crippen LogP contribution in [0.1, 0.15) is 40.0 Å². The molecule has 1 aromatic heterocycles. The van der Waals surface area contributed by atoms with Crippen molar-refractivity contribution in [2.45, 2.75) is 40.0 Å². The zero-order chi connectivity index (χ0) is 15.5. The Labute approximate surface area is 128 Å². The van der Waals surface area contributed by atoms with Gasteiger partial charge in [-0.05, 0) is 24.7 Å². The van der Waals surface area contributed by atoms with Gasteiger partial charge in [0.2, 0.25) is 17.8 Å². The maximum Gasteiger partial charge on any atom is 0.231 e. The van der Waals surface area contributed by atoms with Gasteiger partial charge < -0.3 is 15.1 Å². The molecule has 0 amide bonds. The van der Waals surface area contributed by atoms with E-state index in [0.717, 1.165) is 32.0 Å². The molecule has 0 saturated carbocycles. The molecule has 21 heavy (non-hydrogen) atoms. The van der Waals surface area contributed by atoms with Crippen LogP contribution in [-0.4, -0.2) is 48.7 Å². The lowest BCUT2D eigenvalue weighted by atomic mass is 9.83. The molecule has 0 aromatic carbocycles. The van der Waals surface area contributed by atoms with Crippen molar-refractivity contribution in [3.05, 3.63) is 0 Å². The summed E-state index contributed by atoms with van der Waals surface area (Å²) in [6, 6.07) is 0. The number of nitrogens with zero attached hydrogens (tertiary/aromatic N) is 5. The second-order valence-corrected chi connectivity index (χ2v) is 6.73. The Morgan fingerprint density at radius 3 is 2.38 bits per heavy atom. The minimum Gasteiger partial charge on any atom is -0.354 e. The van der Waals surface area contributed by atoms with E-state index < -0.39 is 0 Å². The van der Waals surface area contributed by atoms with Gasteiger partial charge in [0.25, 0.3) is 0 Å². The lowest BCUT2D eigenvalue weighted by molar-refractivity contribution is 0.278. The van der Waals surface area contributed by atoms with Crippen molar-refractivity contribution in [3.63, 3.8) is 0 Å². The van der Waals surface area contributed by atoms with Crippen molar-refractivity contribution in [1.29, 1.82) is 0 Å². The Balaban J connectivity index is 2.19. The van der Waals surface area contributed by atoms with Gasteiger partial charge >= 0.3 is 0 Å². The molecule has 1 aliphatic rings. The van der Waals surface area contributed by atoms with Crippen LogP contribution in [0.25, 0.3) is 0 Å². The van der Waals surface area contributed by atoms with Crippen LogP contribution in [-0.2, 0) is 0 Å². The van der Waals surface area contributed by atoms with Gasteiger partial charge in [-0.25, -0.2) is 0 Å². The molecule has 0 unspecified atom stereocenters. The molecule has 0 spiro atoms. The first-order chi connectivity index (χ1) is 9.91. The molecule has 1 saturated heterocycles. The summed E-state index contributed by atoms with van der Waals surface area (Å²) in [5.41, 5.74) is 0.428. The van der Waals surface area contributed by atoms with Gasteiger partial charge in [0.05, 0.1) is 0 Å². The van der Waals surface area contributed by atoms with Gasteiger partial charge in [-0.3, -0.25) is 0 Å². The number of aromatic nitrogens is 3. The third-order valence-corrected chi connectivity index (χ3v) is 3.94. The molecule has 0 radical (unpaired) electrons. The Kier molecular flexibility index (Phi) is 4.85. The van der Waals surface area contributed by atoms with Gasteiger partial charge in [0.1, 0.15) is 0 Å². The van der Waals surface area contributed by atoms with E-state index in [9.17, 15) is 0 Å². The van der Waals surface area contributed by atoms with Gasteiger partial charge in [0, 0.05) is 33.7 Å². The zero-order valence-electron chi connectivity index (χ0n) is 14.0. The highest BCUT2D eigenvalue weighted by Gasteiger charge is 2.27. The van der Waals surface area contributed by atoms with Crippen LogP contribution in [0.2, 0.25) is 0 Å². The summed E-state index contributed by atoms with van der Waals surface area (Å²) in [7, 11) is 3.92. The van der Waals surface area contributed by atoms with Crippen molar-refractivity contribution in [3.8, 4) is 0 Å². The summed E-state index contributed by atoms with van der Waals surface area (Å²) in [5.74, 6) is 2.18. The van der Waals surface area contributed by atoms with Crippen LogP contribution in [0, 0.1) is 5.41 Å². The fraction of sp³-hybridized carbons (Fsp3) is 0.800. The summed E-state index contributed by atoms with van der Waals surface area (Å²) < 4.78 is 0. The van der Waals surface area contributed by atoms with E-state index in [1.807, 2.05) is 19.0 Å². The molecule has 0 aliphatic carbocycles. The van der Waals surface area contributed by atoms with E-state index in [1.54, 1.807) is 0 Å². The molecular weight excluding hydrogens is 264 g/mol. The van der Waals surface area contributed by atoms with Crippen molar-refractivity contribution in [1.82, 2.24) is 15.0 Å². The molecule has 1 N–H and O–H groups in total. The third kappa shape index (κ3) is 4.19. The fourth-order valence-electron chi connectivity index (χ4n) is 2.32. The number of rotatable bonds is 5. The van der Waals surface area contributed by atoms with E-state index >= 15 is 0 Å². The summed E-state index contributed by atoms with van der Waals surface area (Å²) >= 11 is 0. The first-order valence-electron chi connectivity index (χ1n) is 7.83. The van der Waals surface area contributed by atoms with Crippen LogP contribution in [0.5, 0.6) is 0 Å². The van der Waals surface area contributed by atoms with Gasteiger partial charge in [-0.15, -0.1) is 0 Å². The first kappa shape index (κ1) is 15.8. The van der Waals surface area contributed by atoms with E-state index in [2.05, 4.69) is 45.9 Å².